The molecular formula is C20H27ClN2O2. The van der Waals surface area contributed by atoms with Crippen LogP contribution in [0.2, 0.25) is 5.02 Å². The van der Waals surface area contributed by atoms with Crippen molar-refractivity contribution in [2.75, 3.05) is 0 Å². The second-order valence-electron chi connectivity index (χ2n) is 8.87. The quantitative estimate of drug-likeness (QED) is 0.861. The van der Waals surface area contributed by atoms with E-state index in [1.54, 1.807) is 26.0 Å². The summed E-state index contributed by atoms with van der Waals surface area (Å²) in [6, 6.07) is 7.49. The molecule has 4 nitrogen and oxygen atoms in total. The second-order valence-corrected chi connectivity index (χ2v) is 9.28. The van der Waals surface area contributed by atoms with Crippen LogP contribution in [-0.4, -0.2) is 23.1 Å². The number of carbonyl (C=O) groups excluding carboxylic acids is 1. The van der Waals surface area contributed by atoms with Crippen molar-refractivity contribution in [2.24, 2.45) is 23.5 Å². The molecule has 4 saturated carbocycles. The average molecular weight is 363 g/mol. The molecule has 5 heteroatoms. The number of rotatable bonds is 4. The van der Waals surface area contributed by atoms with Crippen molar-refractivity contribution in [1.29, 1.82) is 0 Å². The van der Waals surface area contributed by atoms with Crippen molar-refractivity contribution in [2.45, 2.75) is 63.1 Å². The van der Waals surface area contributed by atoms with Crippen LogP contribution in [0, 0.1) is 17.8 Å². The third-order valence-corrected chi connectivity index (χ3v) is 6.68. The first kappa shape index (κ1) is 17.2. The summed E-state index contributed by atoms with van der Waals surface area (Å²) in [6.07, 6.45) is 5.65. The number of carbonyl (C=O) groups is 1. The predicted octanol–water partition coefficient (Wildman–Crippen LogP) is 3.52. The number of ether oxygens (including phenoxy) is 1. The number of hydrogen-bond donors (Lipinski definition) is 2. The second kappa shape index (κ2) is 5.88. The molecule has 5 rings (SSSR count). The molecule has 0 radical (unpaired) electrons. The number of hydrogen-bond acceptors (Lipinski definition) is 3. The zero-order valence-electron chi connectivity index (χ0n) is 14.9. The van der Waals surface area contributed by atoms with Gasteiger partial charge in [-0.2, -0.15) is 0 Å². The van der Waals surface area contributed by atoms with E-state index in [0.717, 1.165) is 18.8 Å². The molecular weight excluding hydrogens is 336 g/mol. The highest BCUT2D eigenvalue weighted by Gasteiger charge is 2.54. The molecule has 0 heterocycles. The van der Waals surface area contributed by atoms with Gasteiger partial charge in [0.2, 0.25) is 0 Å². The van der Waals surface area contributed by atoms with Gasteiger partial charge in [-0.3, -0.25) is 4.79 Å². The number of benzene rings is 1. The molecule has 3 N–H and O–H groups in total. The van der Waals surface area contributed by atoms with Crippen LogP contribution in [0.1, 0.15) is 46.0 Å². The molecule has 0 saturated heterocycles. The van der Waals surface area contributed by atoms with Crippen LogP contribution >= 0.6 is 11.6 Å². The minimum atomic E-state index is -0.972. The van der Waals surface area contributed by atoms with Gasteiger partial charge in [0, 0.05) is 11.6 Å². The lowest BCUT2D eigenvalue weighted by Crippen LogP contribution is -2.66. The molecule has 4 bridgehead atoms. The zero-order valence-corrected chi connectivity index (χ0v) is 15.7. The minimum absolute atomic E-state index is 0.0152. The fourth-order valence-electron chi connectivity index (χ4n) is 5.50. The van der Waals surface area contributed by atoms with Gasteiger partial charge >= 0.3 is 0 Å². The van der Waals surface area contributed by atoms with Gasteiger partial charge in [0.25, 0.3) is 5.91 Å². The van der Waals surface area contributed by atoms with Crippen molar-refractivity contribution in [3.8, 4) is 5.75 Å². The first-order chi connectivity index (χ1) is 11.8. The highest BCUT2D eigenvalue weighted by Crippen LogP contribution is 2.54. The molecule has 1 amide bonds. The van der Waals surface area contributed by atoms with Crippen LogP contribution in [0.4, 0.5) is 0 Å². The highest BCUT2D eigenvalue weighted by atomic mass is 35.5. The predicted molar refractivity (Wildman–Crippen MR) is 98.6 cm³/mol. The molecule has 5 atom stereocenters. The molecule has 4 aliphatic rings. The van der Waals surface area contributed by atoms with Crippen LogP contribution in [0.25, 0.3) is 0 Å². The smallest absolute Gasteiger partial charge is 0.263 e. The summed E-state index contributed by atoms with van der Waals surface area (Å²) < 4.78 is 5.94. The molecule has 136 valence electrons. The Balaban J connectivity index is 1.46. The Kier molecular flexibility index (Phi) is 4.04. The number of para-hydroxylation sites is 1. The Labute approximate surface area is 154 Å². The van der Waals surface area contributed by atoms with E-state index in [1.165, 1.54) is 19.3 Å². The molecule has 25 heavy (non-hydrogen) atoms. The summed E-state index contributed by atoms with van der Waals surface area (Å²) in [7, 11) is 0. The molecule has 1 aromatic carbocycles. The Morgan fingerprint density at radius 2 is 1.88 bits per heavy atom. The lowest BCUT2D eigenvalue weighted by Gasteiger charge is -2.59. The van der Waals surface area contributed by atoms with E-state index in [2.05, 4.69) is 5.32 Å². The van der Waals surface area contributed by atoms with Crippen molar-refractivity contribution in [3.63, 3.8) is 0 Å². The minimum Gasteiger partial charge on any atom is -0.476 e. The summed E-state index contributed by atoms with van der Waals surface area (Å²) >= 11 is 6.17. The van der Waals surface area contributed by atoms with Crippen LogP contribution in [0.15, 0.2) is 24.3 Å². The highest BCUT2D eigenvalue weighted by molar-refractivity contribution is 6.32. The maximum absolute atomic E-state index is 12.9. The van der Waals surface area contributed by atoms with E-state index in [1.807, 2.05) is 12.1 Å². The summed E-state index contributed by atoms with van der Waals surface area (Å²) in [5.74, 6) is 2.24. The van der Waals surface area contributed by atoms with E-state index in [0.29, 0.717) is 22.6 Å². The van der Waals surface area contributed by atoms with Crippen LogP contribution in [0.3, 0.4) is 0 Å². The first-order valence-corrected chi connectivity index (χ1v) is 9.67. The third-order valence-electron chi connectivity index (χ3n) is 6.37. The Morgan fingerprint density at radius 3 is 2.48 bits per heavy atom. The molecule has 1 unspecified atom stereocenters. The van der Waals surface area contributed by atoms with Gasteiger partial charge in [0.15, 0.2) is 5.60 Å². The van der Waals surface area contributed by atoms with Crippen molar-refractivity contribution < 1.29 is 9.53 Å². The normalized spacial score (nSPS) is 36.3. The summed E-state index contributed by atoms with van der Waals surface area (Å²) in [6.45, 7) is 3.60. The summed E-state index contributed by atoms with van der Waals surface area (Å²) in [5.41, 5.74) is 5.61. The van der Waals surface area contributed by atoms with Crippen molar-refractivity contribution >= 4 is 17.5 Å². The SMILES string of the molecule is CC(C)(Oc1ccccc1Cl)C(=O)N[C@H]1[C@@H]2CC3C[C@H]1C[C@](N)(C3)C2. The van der Waals surface area contributed by atoms with Crippen LogP contribution in [0.5, 0.6) is 5.75 Å². The largest absolute Gasteiger partial charge is 0.476 e. The number of nitrogens with two attached hydrogens (primary N) is 1. The van der Waals surface area contributed by atoms with Gasteiger partial charge < -0.3 is 15.8 Å². The van der Waals surface area contributed by atoms with Gasteiger partial charge in [0.1, 0.15) is 5.75 Å². The van der Waals surface area contributed by atoms with E-state index in [9.17, 15) is 4.79 Å². The fourth-order valence-corrected chi connectivity index (χ4v) is 5.67. The molecule has 4 fully saturated rings. The summed E-state index contributed by atoms with van der Waals surface area (Å²) in [5, 5.41) is 3.81. The van der Waals surface area contributed by atoms with E-state index >= 15 is 0 Å². The molecule has 0 aliphatic heterocycles. The van der Waals surface area contributed by atoms with Crippen molar-refractivity contribution in [1.82, 2.24) is 5.32 Å². The van der Waals surface area contributed by atoms with E-state index in [4.69, 9.17) is 22.1 Å². The summed E-state index contributed by atoms with van der Waals surface area (Å²) in [4.78, 5) is 12.9. The lowest BCUT2D eigenvalue weighted by molar-refractivity contribution is -0.138. The first-order valence-electron chi connectivity index (χ1n) is 9.29. The standard InChI is InChI=1S/C20H27ClN2O2/c1-19(2,25-16-6-4-3-5-15(16)21)18(24)23-17-13-7-12-8-14(17)11-20(22,9-12)10-13/h3-6,12-14,17H,7-11,22H2,1-2H3,(H,23,24)/t12?,13-,14+,17+,20+. The zero-order chi connectivity index (χ0) is 17.8. The van der Waals surface area contributed by atoms with E-state index in [-0.39, 0.29) is 17.5 Å². The van der Waals surface area contributed by atoms with Crippen LogP contribution < -0.4 is 15.8 Å². The molecule has 4 aliphatic carbocycles. The average Bonchev–Trinajstić information content (AvgIpc) is 2.51. The van der Waals surface area contributed by atoms with Gasteiger partial charge in [-0.05, 0) is 75.8 Å². The van der Waals surface area contributed by atoms with Gasteiger partial charge in [-0.25, -0.2) is 0 Å². The van der Waals surface area contributed by atoms with Gasteiger partial charge in [-0.1, -0.05) is 23.7 Å². The number of nitrogens with one attached hydrogen (secondary N) is 1. The monoisotopic (exact) mass is 362 g/mol. The van der Waals surface area contributed by atoms with Gasteiger partial charge in [0.05, 0.1) is 5.02 Å². The van der Waals surface area contributed by atoms with E-state index < -0.39 is 5.60 Å². The molecule has 1 aromatic rings. The number of amides is 1. The Bertz CT molecular complexity index is 674. The maximum atomic E-state index is 12.9. The Hall–Kier alpha value is -1.26. The molecule has 0 aromatic heterocycles. The van der Waals surface area contributed by atoms with Gasteiger partial charge in [-0.15, -0.1) is 0 Å². The Morgan fingerprint density at radius 1 is 1.24 bits per heavy atom. The molecule has 0 spiro atoms. The topological polar surface area (TPSA) is 64.3 Å². The maximum Gasteiger partial charge on any atom is 0.263 e. The lowest BCUT2D eigenvalue weighted by atomic mass is 9.51. The van der Waals surface area contributed by atoms with Crippen molar-refractivity contribution in [3.05, 3.63) is 29.3 Å². The third kappa shape index (κ3) is 3.15. The fraction of sp³-hybridized carbons (Fsp3) is 0.650. The van der Waals surface area contributed by atoms with Crippen LogP contribution in [-0.2, 0) is 4.79 Å². The number of halogens is 1.